The number of benzene rings is 1. The Labute approximate surface area is 185 Å². The van der Waals surface area contributed by atoms with Crippen LogP contribution >= 0.6 is 0 Å². The summed E-state index contributed by atoms with van der Waals surface area (Å²) in [6.45, 7) is 2.18. The van der Waals surface area contributed by atoms with Crippen LogP contribution in [0.15, 0.2) is 54.9 Å². The van der Waals surface area contributed by atoms with Crippen molar-refractivity contribution in [1.82, 2.24) is 15.3 Å². The summed E-state index contributed by atoms with van der Waals surface area (Å²) in [7, 11) is 2.97. The van der Waals surface area contributed by atoms with Crippen LogP contribution in [0.2, 0.25) is 0 Å². The fourth-order valence-corrected chi connectivity index (χ4v) is 2.88. The number of methoxy groups -OCH3 is 1. The summed E-state index contributed by atoms with van der Waals surface area (Å²) in [4.78, 5) is 33.6. The highest BCUT2D eigenvalue weighted by atomic mass is 19.1. The molecule has 8 nitrogen and oxygen atoms in total. The van der Waals surface area contributed by atoms with Gasteiger partial charge in [0.1, 0.15) is 5.82 Å². The van der Waals surface area contributed by atoms with Gasteiger partial charge in [-0.05, 0) is 36.8 Å². The van der Waals surface area contributed by atoms with E-state index in [1.54, 1.807) is 37.4 Å². The summed E-state index contributed by atoms with van der Waals surface area (Å²) in [5, 5.41) is 2.79. The minimum absolute atomic E-state index is 0.0937. The summed E-state index contributed by atoms with van der Waals surface area (Å²) in [5.41, 5.74) is 2.29. The molecule has 9 heteroatoms. The van der Waals surface area contributed by atoms with Crippen molar-refractivity contribution in [2.24, 2.45) is 0 Å². The molecule has 1 aromatic carbocycles. The fourth-order valence-electron chi connectivity index (χ4n) is 2.88. The number of rotatable bonds is 7. The van der Waals surface area contributed by atoms with Crippen LogP contribution in [0, 0.1) is 5.82 Å². The van der Waals surface area contributed by atoms with Crippen molar-refractivity contribution < 1.29 is 23.5 Å². The van der Waals surface area contributed by atoms with Gasteiger partial charge in [0.15, 0.2) is 0 Å². The highest BCUT2D eigenvalue weighted by Gasteiger charge is 2.17. The van der Waals surface area contributed by atoms with Crippen LogP contribution < -0.4 is 15.0 Å². The molecule has 1 N–H and O–H groups in total. The summed E-state index contributed by atoms with van der Waals surface area (Å²) < 4.78 is 24.4. The standard InChI is InChI=1S/C23H23FN4O4/c1-4-32-23(30)28(2)20-9-7-16(11-18(20)24)19-8-6-17(14-25-19)22(29)27-13-15-5-10-21(31-3)26-12-15/h5-12,14H,4,13H2,1-3H3,(H,27,29). The number of nitrogens with zero attached hydrogens (tertiary/aromatic N) is 3. The van der Waals surface area contributed by atoms with E-state index in [0.717, 1.165) is 10.5 Å². The van der Waals surface area contributed by atoms with Gasteiger partial charge in [-0.25, -0.2) is 14.2 Å². The van der Waals surface area contributed by atoms with Crippen LogP contribution in [0.1, 0.15) is 22.8 Å². The zero-order valence-electron chi connectivity index (χ0n) is 18.0. The number of aromatic nitrogens is 2. The summed E-state index contributed by atoms with van der Waals surface area (Å²) in [6.07, 6.45) is 2.41. The lowest BCUT2D eigenvalue weighted by Crippen LogP contribution is -2.27. The first-order valence-electron chi connectivity index (χ1n) is 9.86. The molecular weight excluding hydrogens is 415 g/mol. The van der Waals surface area contributed by atoms with Gasteiger partial charge in [-0.2, -0.15) is 0 Å². The SMILES string of the molecule is CCOC(=O)N(C)c1ccc(-c2ccc(C(=O)NCc3ccc(OC)nc3)cn2)cc1F. The molecule has 32 heavy (non-hydrogen) atoms. The average Bonchev–Trinajstić information content (AvgIpc) is 2.82. The molecule has 0 aliphatic carbocycles. The molecule has 0 aliphatic rings. The molecule has 2 aromatic heterocycles. The minimum Gasteiger partial charge on any atom is -0.481 e. The first-order chi connectivity index (χ1) is 15.4. The minimum atomic E-state index is -0.641. The third-order valence-corrected chi connectivity index (χ3v) is 4.63. The van der Waals surface area contributed by atoms with Crippen LogP contribution in [0.5, 0.6) is 5.88 Å². The Morgan fingerprint density at radius 3 is 2.50 bits per heavy atom. The smallest absolute Gasteiger partial charge is 0.414 e. The highest BCUT2D eigenvalue weighted by Crippen LogP contribution is 2.25. The summed E-state index contributed by atoms with van der Waals surface area (Å²) in [5.74, 6) is -0.385. The molecule has 0 atom stereocenters. The lowest BCUT2D eigenvalue weighted by molar-refractivity contribution is 0.0950. The zero-order chi connectivity index (χ0) is 23.1. The van der Waals surface area contributed by atoms with E-state index in [4.69, 9.17) is 9.47 Å². The lowest BCUT2D eigenvalue weighted by atomic mass is 10.1. The Bertz CT molecular complexity index is 1090. The summed E-state index contributed by atoms with van der Waals surface area (Å²) in [6, 6.07) is 11.2. The maximum Gasteiger partial charge on any atom is 0.414 e. The Balaban J connectivity index is 1.66. The average molecular weight is 438 g/mol. The van der Waals surface area contributed by atoms with E-state index in [1.165, 1.54) is 32.5 Å². The number of ether oxygens (including phenoxy) is 2. The fraction of sp³-hybridized carbons (Fsp3) is 0.217. The van der Waals surface area contributed by atoms with Gasteiger partial charge in [-0.3, -0.25) is 14.7 Å². The van der Waals surface area contributed by atoms with Crippen molar-refractivity contribution in [3.05, 3.63) is 71.8 Å². The van der Waals surface area contributed by atoms with Crippen LogP contribution in [-0.4, -0.2) is 42.7 Å². The third kappa shape index (κ3) is 5.37. The van der Waals surface area contributed by atoms with E-state index in [-0.39, 0.29) is 18.2 Å². The molecule has 0 radical (unpaired) electrons. The van der Waals surface area contributed by atoms with Crippen molar-refractivity contribution in [3.63, 3.8) is 0 Å². The zero-order valence-corrected chi connectivity index (χ0v) is 18.0. The highest BCUT2D eigenvalue weighted by molar-refractivity contribution is 5.94. The van der Waals surface area contributed by atoms with E-state index in [1.807, 2.05) is 6.07 Å². The maximum atomic E-state index is 14.5. The topological polar surface area (TPSA) is 93.7 Å². The number of carbonyl (C=O) groups is 2. The van der Waals surface area contributed by atoms with E-state index in [9.17, 15) is 14.0 Å². The maximum absolute atomic E-state index is 14.5. The molecule has 166 valence electrons. The number of pyridine rings is 2. The molecule has 0 unspecified atom stereocenters. The molecule has 0 bridgehead atoms. The van der Waals surface area contributed by atoms with E-state index < -0.39 is 11.9 Å². The van der Waals surface area contributed by atoms with Gasteiger partial charge in [0.2, 0.25) is 5.88 Å². The monoisotopic (exact) mass is 438 g/mol. The van der Waals surface area contributed by atoms with Crippen molar-refractivity contribution in [3.8, 4) is 17.1 Å². The van der Waals surface area contributed by atoms with Crippen molar-refractivity contribution in [1.29, 1.82) is 0 Å². The summed E-state index contributed by atoms with van der Waals surface area (Å²) >= 11 is 0. The third-order valence-electron chi connectivity index (χ3n) is 4.63. The number of nitrogens with one attached hydrogen (secondary N) is 1. The Morgan fingerprint density at radius 2 is 1.91 bits per heavy atom. The quantitative estimate of drug-likeness (QED) is 0.603. The molecule has 3 aromatic rings. The molecule has 0 saturated carbocycles. The molecule has 2 amide bonds. The first-order valence-corrected chi connectivity index (χ1v) is 9.86. The second kappa shape index (κ2) is 10.3. The molecule has 0 fully saturated rings. The van der Waals surface area contributed by atoms with E-state index >= 15 is 0 Å². The second-order valence-electron chi connectivity index (χ2n) is 6.75. The van der Waals surface area contributed by atoms with Crippen molar-refractivity contribution in [2.45, 2.75) is 13.5 Å². The number of carbonyl (C=O) groups excluding carboxylic acids is 2. The second-order valence-corrected chi connectivity index (χ2v) is 6.75. The first kappa shape index (κ1) is 22.7. The number of hydrogen-bond donors (Lipinski definition) is 1. The Kier molecular flexibility index (Phi) is 7.33. The van der Waals surface area contributed by atoms with Gasteiger partial charge < -0.3 is 14.8 Å². The van der Waals surface area contributed by atoms with Gasteiger partial charge in [-0.15, -0.1) is 0 Å². The largest absolute Gasteiger partial charge is 0.481 e. The van der Waals surface area contributed by atoms with Crippen LogP contribution in [0.25, 0.3) is 11.3 Å². The van der Waals surface area contributed by atoms with E-state index in [0.29, 0.717) is 29.2 Å². The molecule has 0 saturated heterocycles. The Hall–Kier alpha value is -4.01. The van der Waals surface area contributed by atoms with Crippen molar-refractivity contribution >= 4 is 17.7 Å². The van der Waals surface area contributed by atoms with Crippen LogP contribution in [0.4, 0.5) is 14.9 Å². The van der Waals surface area contributed by atoms with Gasteiger partial charge in [0.05, 0.1) is 30.7 Å². The number of hydrogen-bond acceptors (Lipinski definition) is 6. The number of halogens is 1. The molecular formula is C23H23FN4O4. The normalized spacial score (nSPS) is 10.4. The predicted molar refractivity (Wildman–Crippen MR) is 117 cm³/mol. The molecule has 0 spiro atoms. The lowest BCUT2D eigenvalue weighted by Gasteiger charge is -2.17. The van der Waals surface area contributed by atoms with Gasteiger partial charge >= 0.3 is 6.09 Å². The molecule has 0 aliphatic heterocycles. The van der Waals surface area contributed by atoms with Gasteiger partial charge in [0.25, 0.3) is 5.91 Å². The van der Waals surface area contributed by atoms with Crippen LogP contribution in [0.3, 0.4) is 0 Å². The van der Waals surface area contributed by atoms with Crippen LogP contribution in [-0.2, 0) is 11.3 Å². The van der Waals surface area contributed by atoms with Gasteiger partial charge in [0, 0.05) is 37.6 Å². The number of anilines is 1. The van der Waals surface area contributed by atoms with Crippen molar-refractivity contribution in [2.75, 3.05) is 25.7 Å². The molecule has 2 heterocycles. The molecule has 3 rings (SSSR count). The van der Waals surface area contributed by atoms with E-state index in [2.05, 4.69) is 15.3 Å². The number of amides is 2. The van der Waals surface area contributed by atoms with Gasteiger partial charge in [-0.1, -0.05) is 12.1 Å². The predicted octanol–water partition coefficient (Wildman–Crippen LogP) is 3.81. The Morgan fingerprint density at radius 1 is 1.09 bits per heavy atom.